The zero-order chi connectivity index (χ0) is 10.3. The average molecular weight is 194 g/mol. The topological polar surface area (TPSA) is 26.3 Å². The van der Waals surface area contributed by atoms with Crippen molar-refractivity contribution < 1.29 is 9.53 Å². The van der Waals surface area contributed by atoms with Gasteiger partial charge in [-0.3, -0.25) is 4.79 Å². The van der Waals surface area contributed by atoms with Gasteiger partial charge in [-0.05, 0) is 38.5 Å². The van der Waals surface area contributed by atoms with Crippen molar-refractivity contribution in [3.63, 3.8) is 0 Å². The second-order valence-corrected chi connectivity index (χ2v) is 4.78. The van der Waals surface area contributed by atoms with Crippen molar-refractivity contribution in [3.8, 4) is 0 Å². The number of carbonyl (C=O) groups is 1. The van der Waals surface area contributed by atoms with Crippen LogP contribution in [-0.4, -0.2) is 12.1 Å². The summed E-state index contributed by atoms with van der Waals surface area (Å²) in [6.07, 6.45) is 4.41. The second kappa shape index (κ2) is 3.41. The number of hydrogen-bond donors (Lipinski definition) is 0. The Morgan fingerprint density at radius 3 is 2.86 bits per heavy atom. The summed E-state index contributed by atoms with van der Waals surface area (Å²) in [5.41, 5.74) is 1.39. The van der Waals surface area contributed by atoms with Crippen molar-refractivity contribution in [2.75, 3.05) is 0 Å². The van der Waals surface area contributed by atoms with E-state index >= 15 is 0 Å². The number of ether oxygens (including phenoxy) is 1. The molecule has 2 aliphatic rings. The second-order valence-electron chi connectivity index (χ2n) is 4.78. The molecule has 1 aliphatic heterocycles. The molecule has 0 unspecified atom stereocenters. The maximum Gasteiger partial charge on any atom is 0.310 e. The van der Waals surface area contributed by atoms with Crippen molar-refractivity contribution in [2.45, 2.75) is 39.7 Å². The quantitative estimate of drug-likeness (QED) is 0.437. The van der Waals surface area contributed by atoms with Crippen LogP contribution in [-0.2, 0) is 9.53 Å². The molecule has 0 amide bonds. The number of cyclic esters (lactones) is 1. The highest BCUT2D eigenvalue weighted by Gasteiger charge is 2.42. The summed E-state index contributed by atoms with van der Waals surface area (Å²) in [5, 5.41) is 0. The number of allylic oxidation sites excluding steroid dienone is 2. The highest BCUT2D eigenvalue weighted by molar-refractivity contribution is 5.75. The third-order valence-electron chi connectivity index (χ3n) is 3.62. The Hall–Kier alpha value is -0.790. The molecule has 0 bridgehead atoms. The first-order valence-corrected chi connectivity index (χ1v) is 5.46. The molecule has 1 saturated heterocycles. The van der Waals surface area contributed by atoms with Crippen molar-refractivity contribution in [3.05, 3.63) is 11.6 Å². The minimum Gasteiger partial charge on any atom is -0.462 e. The minimum atomic E-state index is 0.0219. The molecule has 78 valence electrons. The Labute approximate surface area is 85.3 Å². The zero-order valence-corrected chi connectivity index (χ0v) is 9.12. The van der Waals surface area contributed by atoms with Gasteiger partial charge in [0.15, 0.2) is 0 Å². The molecule has 0 aromatic carbocycles. The van der Waals surface area contributed by atoms with E-state index in [1.54, 1.807) is 0 Å². The lowest BCUT2D eigenvalue weighted by molar-refractivity contribution is -0.165. The van der Waals surface area contributed by atoms with Gasteiger partial charge in [0, 0.05) is 0 Å². The minimum absolute atomic E-state index is 0.0219. The lowest BCUT2D eigenvalue weighted by Gasteiger charge is -2.40. The Balaban J connectivity index is 2.27. The first-order chi connectivity index (χ1) is 6.59. The standard InChI is InChI=1S/C12H18O2/c1-7-4-5-8(2)11-10(7)6-9(3)14-12(11)13/h4,8-11H,5-6H2,1-3H3/t8-,9-,10-,11+/m0/s1. The molecule has 0 spiro atoms. The van der Waals surface area contributed by atoms with Crippen LogP contribution in [0.4, 0.5) is 0 Å². The van der Waals surface area contributed by atoms with Crippen molar-refractivity contribution >= 4 is 5.97 Å². The average Bonchev–Trinajstić information content (AvgIpc) is 2.10. The van der Waals surface area contributed by atoms with Gasteiger partial charge in [0.1, 0.15) is 0 Å². The number of carbonyl (C=O) groups excluding carboxylic acids is 1. The Kier molecular flexibility index (Phi) is 2.38. The molecule has 14 heavy (non-hydrogen) atoms. The fourth-order valence-corrected chi connectivity index (χ4v) is 2.76. The number of fused-ring (bicyclic) bond motifs is 1. The van der Waals surface area contributed by atoms with Gasteiger partial charge < -0.3 is 4.74 Å². The molecule has 0 aromatic rings. The van der Waals surface area contributed by atoms with Gasteiger partial charge >= 0.3 is 5.97 Å². The summed E-state index contributed by atoms with van der Waals surface area (Å²) >= 11 is 0. The van der Waals surface area contributed by atoms with Crippen LogP contribution in [0, 0.1) is 17.8 Å². The lowest BCUT2D eigenvalue weighted by atomic mass is 9.70. The SMILES string of the molecule is CC1=CC[C@H](C)[C@H]2C(=O)O[C@@H](C)C[C@@H]12. The Morgan fingerprint density at radius 1 is 1.43 bits per heavy atom. The van der Waals surface area contributed by atoms with Gasteiger partial charge in [-0.15, -0.1) is 0 Å². The monoisotopic (exact) mass is 194 g/mol. The molecule has 4 atom stereocenters. The summed E-state index contributed by atoms with van der Waals surface area (Å²) in [6, 6.07) is 0. The van der Waals surface area contributed by atoms with Crippen LogP contribution in [0.2, 0.25) is 0 Å². The molecule has 1 fully saturated rings. The summed E-state index contributed by atoms with van der Waals surface area (Å²) in [4.78, 5) is 11.7. The van der Waals surface area contributed by atoms with E-state index in [2.05, 4.69) is 19.9 Å². The van der Waals surface area contributed by atoms with Crippen LogP contribution >= 0.6 is 0 Å². The summed E-state index contributed by atoms with van der Waals surface area (Å²) in [5.74, 6) is 1.03. The number of esters is 1. The van der Waals surface area contributed by atoms with E-state index in [0.29, 0.717) is 11.8 Å². The molecular weight excluding hydrogens is 176 g/mol. The fourth-order valence-electron chi connectivity index (χ4n) is 2.76. The van der Waals surface area contributed by atoms with Gasteiger partial charge in [0.25, 0.3) is 0 Å². The number of hydrogen-bond acceptors (Lipinski definition) is 2. The first kappa shape index (κ1) is 9.75. The molecule has 1 aliphatic carbocycles. The zero-order valence-electron chi connectivity index (χ0n) is 9.12. The van der Waals surface area contributed by atoms with Crippen LogP contribution in [0.5, 0.6) is 0 Å². The lowest BCUT2D eigenvalue weighted by Crippen LogP contribution is -2.42. The number of rotatable bonds is 0. The normalized spacial score (nSPS) is 42.5. The molecular formula is C12H18O2. The van der Waals surface area contributed by atoms with E-state index in [4.69, 9.17) is 4.74 Å². The molecule has 1 heterocycles. The van der Waals surface area contributed by atoms with Crippen LogP contribution in [0.15, 0.2) is 11.6 Å². The van der Waals surface area contributed by atoms with E-state index in [1.165, 1.54) is 5.57 Å². The van der Waals surface area contributed by atoms with Crippen molar-refractivity contribution in [1.82, 2.24) is 0 Å². The molecule has 2 heteroatoms. The molecule has 2 nitrogen and oxygen atoms in total. The van der Waals surface area contributed by atoms with Crippen molar-refractivity contribution in [2.24, 2.45) is 17.8 Å². The van der Waals surface area contributed by atoms with E-state index in [0.717, 1.165) is 12.8 Å². The van der Waals surface area contributed by atoms with Gasteiger partial charge in [-0.1, -0.05) is 18.6 Å². The maximum absolute atomic E-state index is 11.7. The first-order valence-electron chi connectivity index (χ1n) is 5.46. The molecule has 0 radical (unpaired) electrons. The van der Waals surface area contributed by atoms with Crippen LogP contribution in [0.3, 0.4) is 0 Å². The largest absolute Gasteiger partial charge is 0.462 e. The van der Waals surface area contributed by atoms with E-state index in [-0.39, 0.29) is 18.0 Å². The fraction of sp³-hybridized carbons (Fsp3) is 0.750. The van der Waals surface area contributed by atoms with E-state index in [9.17, 15) is 4.79 Å². The van der Waals surface area contributed by atoms with Gasteiger partial charge in [-0.2, -0.15) is 0 Å². The Bertz CT molecular complexity index is 280. The molecule has 0 N–H and O–H groups in total. The predicted octanol–water partition coefficient (Wildman–Crippen LogP) is 2.54. The van der Waals surface area contributed by atoms with Gasteiger partial charge in [0.05, 0.1) is 12.0 Å². The molecule has 2 rings (SSSR count). The highest BCUT2D eigenvalue weighted by Crippen LogP contribution is 2.41. The van der Waals surface area contributed by atoms with E-state index < -0.39 is 0 Å². The van der Waals surface area contributed by atoms with Crippen LogP contribution in [0.1, 0.15) is 33.6 Å². The maximum atomic E-state index is 11.7. The summed E-state index contributed by atoms with van der Waals surface area (Å²) in [6.45, 7) is 6.29. The third kappa shape index (κ3) is 1.47. The highest BCUT2D eigenvalue weighted by atomic mass is 16.5. The van der Waals surface area contributed by atoms with E-state index in [1.807, 2.05) is 6.92 Å². The predicted molar refractivity (Wildman–Crippen MR) is 54.7 cm³/mol. The summed E-state index contributed by atoms with van der Waals surface area (Å²) in [7, 11) is 0. The third-order valence-corrected chi connectivity index (χ3v) is 3.62. The molecule has 0 aromatic heterocycles. The smallest absolute Gasteiger partial charge is 0.310 e. The molecule has 0 saturated carbocycles. The van der Waals surface area contributed by atoms with Gasteiger partial charge in [-0.25, -0.2) is 0 Å². The summed E-state index contributed by atoms with van der Waals surface area (Å²) < 4.78 is 5.31. The Morgan fingerprint density at radius 2 is 2.14 bits per heavy atom. The van der Waals surface area contributed by atoms with Crippen molar-refractivity contribution in [1.29, 1.82) is 0 Å². The van der Waals surface area contributed by atoms with Crippen LogP contribution in [0.25, 0.3) is 0 Å². The van der Waals surface area contributed by atoms with Gasteiger partial charge in [0.2, 0.25) is 0 Å². The van der Waals surface area contributed by atoms with Crippen LogP contribution < -0.4 is 0 Å².